The highest BCUT2D eigenvalue weighted by Gasteiger charge is 2.12. The number of carbonyl (C=O) groups excluding carboxylic acids is 2. The molecule has 0 saturated carbocycles. The van der Waals surface area contributed by atoms with Crippen LogP contribution in [0.2, 0.25) is 0 Å². The molecule has 3 amide bonds. The lowest BCUT2D eigenvalue weighted by Gasteiger charge is -2.20. The van der Waals surface area contributed by atoms with E-state index >= 15 is 0 Å². The van der Waals surface area contributed by atoms with Crippen molar-refractivity contribution >= 4 is 29.4 Å². The number of hydrogen-bond acceptors (Lipinski definition) is 7. The molecule has 0 aliphatic rings. The number of amides is 3. The summed E-state index contributed by atoms with van der Waals surface area (Å²) in [4.78, 5) is 26.0. The molecule has 0 atom stereocenters. The van der Waals surface area contributed by atoms with Gasteiger partial charge >= 0.3 is 6.03 Å². The number of urea groups is 1. The SMILES string of the molecule is CCN(CC)c1ccc(-c2nnc(SCCC(=O)NC(=O)NCc3ccccc3)o2)cc1. The fourth-order valence-corrected chi connectivity index (χ4v) is 3.73. The fraction of sp³-hybridized carbons (Fsp3) is 0.304. The second-order valence-corrected chi connectivity index (χ2v) is 7.95. The van der Waals surface area contributed by atoms with Crippen molar-refractivity contribution in [2.24, 2.45) is 0 Å². The summed E-state index contributed by atoms with van der Waals surface area (Å²) in [6.07, 6.45) is 0.152. The van der Waals surface area contributed by atoms with E-state index in [-0.39, 0.29) is 12.3 Å². The summed E-state index contributed by atoms with van der Waals surface area (Å²) in [5.41, 5.74) is 2.94. The van der Waals surface area contributed by atoms with Crippen molar-refractivity contribution in [2.45, 2.75) is 32.0 Å². The molecule has 0 fully saturated rings. The quantitative estimate of drug-likeness (QED) is 0.446. The maximum atomic E-state index is 12.0. The molecule has 0 aliphatic carbocycles. The highest BCUT2D eigenvalue weighted by Crippen LogP contribution is 2.25. The van der Waals surface area contributed by atoms with Gasteiger partial charge in [0.1, 0.15) is 0 Å². The van der Waals surface area contributed by atoms with Gasteiger partial charge in [0, 0.05) is 43.1 Å². The Balaban J connectivity index is 1.41. The third kappa shape index (κ3) is 6.84. The van der Waals surface area contributed by atoms with Crippen LogP contribution in [0.4, 0.5) is 10.5 Å². The van der Waals surface area contributed by atoms with Gasteiger partial charge in [0.25, 0.3) is 5.22 Å². The number of benzene rings is 2. The Morgan fingerprint density at radius 3 is 2.41 bits per heavy atom. The lowest BCUT2D eigenvalue weighted by Crippen LogP contribution is -2.39. The van der Waals surface area contributed by atoms with Crippen LogP contribution in [0.5, 0.6) is 0 Å². The number of nitrogens with one attached hydrogen (secondary N) is 2. The smallest absolute Gasteiger partial charge is 0.321 e. The number of carbonyl (C=O) groups is 2. The minimum Gasteiger partial charge on any atom is -0.411 e. The van der Waals surface area contributed by atoms with E-state index in [9.17, 15) is 9.59 Å². The molecule has 0 spiro atoms. The Kier molecular flexibility index (Phi) is 8.68. The average molecular weight is 454 g/mol. The Morgan fingerprint density at radius 1 is 1.00 bits per heavy atom. The van der Waals surface area contributed by atoms with E-state index in [1.165, 1.54) is 11.8 Å². The van der Waals surface area contributed by atoms with E-state index < -0.39 is 6.03 Å². The third-order valence-corrected chi connectivity index (χ3v) is 5.57. The second-order valence-electron chi connectivity index (χ2n) is 6.91. The highest BCUT2D eigenvalue weighted by atomic mass is 32.2. The molecular weight excluding hydrogens is 426 g/mol. The zero-order valence-corrected chi connectivity index (χ0v) is 19.0. The molecule has 32 heavy (non-hydrogen) atoms. The van der Waals surface area contributed by atoms with Gasteiger partial charge in [0.05, 0.1) is 0 Å². The molecular formula is C23H27N5O3S. The van der Waals surface area contributed by atoms with Crippen LogP contribution >= 0.6 is 11.8 Å². The van der Waals surface area contributed by atoms with Gasteiger partial charge in [-0.1, -0.05) is 42.1 Å². The first-order chi connectivity index (χ1) is 15.6. The number of aromatic nitrogens is 2. The van der Waals surface area contributed by atoms with Crippen LogP contribution in [-0.2, 0) is 11.3 Å². The Morgan fingerprint density at radius 2 is 1.72 bits per heavy atom. The van der Waals surface area contributed by atoms with Gasteiger partial charge in [-0.05, 0) is 43.7 Å². The zero-order valence-electron chi connectivity index (χ0n) is 18.2. The van der Waals surface area contributed by atoms with Crippen LogP contribution in [0, 0.1) is 0 Å². The second kappa shape index (κ2) is 11.9. The van der Waals surface area contributed by atoms with Crippen molar-refractivity contribution in [3.05, 3.63) is 60.2 Å². The summed E-state index contributed by atoms with van der Waals surface area (Å²) in [5, 5.41) is 13.5. The first-order valence-corrected chi connectivity index (χ1v) is 11.5. The highest BCUT2D eigenvalue weighted by molar-refractivity contribution is 7.99. The van der Waals surface area contributed by atoms with Gasteiger partial charge in [0.15, 0.2) is 0 Å². The van der Waals surface area contributed by atoms with E-state index in [0.29, 0.717) is 23.4 Å². The molecule has 0 bridgehead atoms. The predicted octanol–water partition coefficient (Wildman–Crippen LogP) is 4.09. The van der Waals surface area contributed by atoms with Crippen LogP contribution in [0.15, 0.2) is 64.2 Å². The first-order valence-electron chi connectivity index (χ1n) is 10.5. The minimum absolute atomic E-state index is 0.152. The van der Waals surface area contributed by atoms with Crippen molar-refractivity contribution in [1.82, 2.24) is 20.8 Å². The molecule has 3 aromatic rings. The number of rotatable bonds is 10. The summed E-state index contributed by atoms with van der Waals surface area (Å²) in [7, 11) is 0. The molecule has 0 saturated heterocycles. The molecule has 168 valence electrons. The molecule has 2 aromatic carbocycles. The van der Waals surface area contributed by atoms with Crippen LogP contribution < -0.4 is 15.5 Å². The van der Waals surface area contributed by atoms with Crippen molar-refractivity contribution in [3.8, 4) is 11.5 Å². The van der Waals surface area contributed by atoms with Gasteiger partial charge in [-0.15, -0.1) is 10.2 Å². The standard InChI is InChI=1S/C23H27N5O3S/c1-3-28(4-2)19-12-10-18(11-13-19)21-26-27-23(31-21)32-15-14-20(29)25-22(30)24-16-17-8-6-5-7-9-17/h5-13H,3-4,14-16H2,1-2H3,(H2,24,25,29,30). The predicted molar refractivity (Wildman–Crippen MR) is 125 cm³/mol. The molecule has 1 aromatic heterocycles. The van der Waals surface area contributed by atoms with Crippen molar-refractivity contribution in [3.63, 3.8) is 0 Å². The molecule has 2 N–H and O–H groups in total. The number of hydrogen-bond donors (Lipinski definition) is 2. The van der Waals surface area contributed by atoms with Crippen molar-refractivity contribution in [2.75, 3.05) is 23.7 Å². The molecule has 9 heteroatoms. The maximum absolute atomic E-state index is 12.0. The van der Waals surface area contributed by atoms with Crippen LogP contribution in [0.1, 0.15) is 25.8 Å². The van der Waals surface area contributed by atoms with E-state index in [2.05, 4.69) is 39.6 Å². The van der Waals surface area contributed by atoms with Gasteiger partial charge in [-0.3, -0.25) is 10.1 Å². The summed E-state index contributed by atoms with van der Waals surface area (Å²) < 4.78 is 5.69. The minimum atomic E-state index is -0.517. The average Bonchev–Trinajstić information content (AvgIpc) is 3.28. The lowest BCUT2D eigenvalue weighted by atomic mass is 10.2. The maximum Gasteiger partial charge on any atom is 0.321 e. The molecule has 0 radical (unpaired) electrons. The first kappa shape index (κ1) is 23.3. The van der Waals surface area contributed by atoms with Crippen LogP contribution in [0.3, 0.4) is 0 Å². The van der Waals surface area contributed by atoms with E-state index in [4.69, 9.17) is 4.42 Å². The monoisotopic (exact) mass is 453 g/mol. The summed E-state index contributed by atoms with van der Waals surface area (Å²) in [6.45, 7) is 6.49. The fourth-order valence-electron chi connectivity index (χ4n) is 3.03. The summed E-state index contributed by atoms with van der Waals surface area (Å²) >= 11 is 1.28. The Bertz CT molecular complexity index is 1000. The largest absolute Gasteiger partial charge is 0.411 e. The van der Waals surface area contributed by atoms with Crippen molar-refractivity contribution in [1.29, 1.82) is 0 Å². The summed E-state index contributed by atoms with van der Waals surface area (Å²) in [5.74, 6) is 0.485. The zero-order chi connectivity index (χ0) is 22.8. The van der Waals surface area contributed by atoms with E-state index in [1.807, 2.05) is 54.6 Å². The molecule has 8 nitrogen and oxygen atoms in total. The summed E-state index contributed by atoms with van der Waals surface area (Å²) in [6, 6.07) is 16.9. The Labute approximate surface area is 191 Å². The molecule has 3 rings (SSSR count). The molecule has 0 unspecified atom stereocenters. The van der Waals surface area contributed by atoms with E-state index in [1.54, 1.807) is 0 Å². The van der Waals surface area contributed by atoms with Gasteiger partial charge in [-0.25, -0.2) is 4.79 Å². The van der Waals surface area contributed by atoms with Gasteiger partial charge < -0.3 is 14.6 Å². The van der Waals surface area contributed by atoms with Gasteiger partial charge in [0.2, 0.25) is 11.8 Å². The normalized spacial score (nSPS) is 10.6. The lowest BCUT2D eigenvalue weighted by molar-refractivity contribution is -0.119. The molecule has 0 aliphatic heterocycles. The van der Waals surface area contributed by atoms with Crippen molar-refractivity contribution < 1.29 is 14.0 Å². The van der Waals surface area contributed by atoms with E-state index in [0.717, 1.165) is 29.9 Å². The van der Waals surface area contributed by atoms with Crippen LogP contribution in [0.25, 0.3) is 11.5 Å². The van der Waals surface area contributed by atoms with Gasteiger partial charge in [-0.2, -0.15) is 0 Å². The molecule has 1 heterocycles. The number of nitrogens with zero attached hydrogens (tertiary/aromatic N) is 3. The topological polar surface area (TPSA) is 100 Å². The third-order valence-electron chi connectivity index (χ3n) is 4.75. The van der Waals surface area contributed by atoms with Crippen LogP contribution in [-0.4, -0.2) is 41.0 Å². The number of imide groups is 1. The number of anilines is 1. The Hall–Kier alpha value is -3.33. The number of thioether (sulfide) groups is 1.